The number of para-hydroxylation sites is 2. The van der Waals surface area contributed by atoms with Gasteiger partial charge in [0.25, 0.3) is 0 Å². The molecule has 4 aromatic rings. The summed E-state index contributed by atoms with van der Waals surface area (Å²) in [4.78, 5) is 34.2. The number of thiazole rings is 1. The minimum absolute atomic E-state index is 0.0491. The molecule has 0 radical (unpaired) electrons. The number of anilines is 1. The van der Waals surface area contributed by atoms with Crippen molar-refractivity contribution in [1.82, 2.24) is 14.5 Å². The van der Waals surface area contributed by atoms with Gasteiger partial charge in [0.05, 0.1) is 23.8 Å². The molecule has 0 aliphatic carbocycles. The van der Waals surface area contributed by atoms with E-state index < -0.39 is 5.97 Å². The van der Waals surface area contributed by atoms with Gasteiger partial charge in [-0.2, -0.15) is 0 Å². The Morgan fingerprint density at radius 2 is 1.76 bits per heavy atom. The fourth-order valence-corrected chi connectivity index (χ4v) is 4.51. The van der Waals surface area contributed by atoms with Crippen molar-refractivity contribution < 1.29 is 14.3 Å². The zero-order valence-corrected chi connectivity index (χ0v) is 20.1. The number of fused-ring (bicyclic) bond motifs is 1. The first kappa shape index (κ1) is 22.7. The van der Waals surface area contributed by atoms with Gasteiger partial charge in [-0.25, -0.2) is 14.8 Å². The Kier molecular flexibility index (Phi) is 6.03. The molecule has 0 bridgehead atoms. The van der Waals surface area contributed by atoms with E-state index in [9.17, 15) is 9.59 Å². The van der Waals surface area contributed by atoms with Crippen molar-refractivity contribution in [3.05, 3.63) is 64.7 Å². The zero-order valence-electron chi connectivity index (χ0n) is 19.3. The van der Waals surface area contributed by atoms with Crippen LogP contribution in [0.2, 0.25) is 0 Å². The molecule has 2 heterocycles. The summed E-state index contributed by atoms with van der Waals surface area (Å²) in [6, 6.07) is 16.0. The van der Waals surface area contributed by atoms with E-state index in [1.807, 2.05) is 41.0 Å². The van der Waals surface area contributed by atoms with Crippen molar-refractivity contribution in [2.24, 2.45) is 0 Å². The number of benzene rings is 2. The molecule has 0 aliphatic rings. The van der Waals surface area contributed by atoms with E-state index >= 15 is 0 Å². The van der Waals surface area contributed by atoms with Crippen molar-refractivity contribution in [2.45, 2.75) is 39.7 Å². The van der Waals surface area contributed by atoms with Crippen LogP contribution in [0.5, 0.6) is 0 Å². The predicted molar refractivity (Wildman–Crippen MR) is 131 cm³/mol. The summed E-state index contributed by atoms with van der Waals surface area (Å²) < 4.78 is 6.67. The second-order valence-electron chi connectivity index (χ2n) is 8.81. The van der Waals surface area contributed by atoms with Crippen molar-refractivity contribution in [3.8, 4) is 11.4 Å². The number of imidazole rings is 1. The molecule has 7 nitrogen and oxygen atoms in total. The number of carbonyl (C=O) groups excluding carboxylic acids is 2. The largest absolute Gasteiger partial charge is 0.465 e. The number of aryl methyl sites for hydroxylation is 1. The fourth-order valence-electron chi connectivity index (χ4n) is 3.61. The fraction of sp³-hybridized carbons (Fsp3) is 0.280. The molecule has 4 rings (SSSR count). The minimum atomic E-state index is -0.466. The van der Waals surface area contributed by atoms with Crippen LogP contribution >= 0.6 is 11.3 Å². The number of carbonyl (C=O) groups is 2. The lowest BCUT2D eigenvalue weighted by molar-refractivity contribution is -0.116. The summed E-state index contributed by atoms with van der Waals surface area (Å²) in [6.07, 6.45) is 0. The molecular formula is C25H26N4O3S. The average Bonchev–Trinajstić information content (AvgIpc) is 3.33. The molecule has 0 aliphatic heterocycles. The van der Waals surface area contributed by atoms with E-state index in [0.29, 0.717) is 15.7 Å². The van der Waals surface area contributed by atoms with Crippen LogP contribution in [0.4, 0.5) is 5.13 Å². The van der Waals surface area contributed by atoms with Crippen molar-refractivity contribution in [3.63, 3.8) is 0 Å². The topological polar surface area (TPSA) is 86.1 Å². The Morgan fingerprint density at radius 3 is 2.42 bits per heavy atom. The van der Waals surface area contributed by atoms with Crippen LogP contribution in [0.15, 0.2) is 48.5 Å². The number of hydrogen-bond donors (Lipinski definition) is 1. The summed E-state index contributed by atoms with van der Waals surface area (Å²) in [5, 5.41) is 3.16. The van der Waals surface area contributed by atoms with Gasteiger partial charge < -0.3 is 14.6 Å². The lowest BCUT2D eigenvalue weighted by Gasteiger charge is -2.19. The molecule has 0 atom stereocenters. The molecule has 0 unspecified atom stereocenters. The molecule has 0 spiro atoms. The maximum Gasteiger partial charge on any atom is 0.350 e. The molecule has 0 saturated heterocycles. The minimum Gasteiger partial charge on any atom is -0.465 e. The Hall–Kier alpha value is -3.52. The summed E-state index contributed by atoms with van der Waals surface area (Å²) in [5.74, 6) is 0.000325. The number of esters is 1. The third-order valence-corrected chi connectivity index (χ3v) is 6.43. The van der Waals surface area contributed by atoms with Gasteiger partial charge >= 0.3 is 5.97 Å². The molecule has 0 saturated carbocycles. The zero-order chi connectivity index (χ0) is 23.8. The third kappa shape index (κ3) is 4.66. The lowest BCUT2D eigenvalue weighted by Crippen LogP contribution is -2.19. The van der Waals surface area contributed by atoms with Crippen molar-refractivity contribution in [1.29, 1.82) is 0 Å². The van der Waals surface area contributed by atoms with E-state index in [-0.39, 0.29) is 17.9 Å². The average molecular weight is 463 g/mol. The molecule has 0 fully saturated rings. The SMILES string of the molecule is COC(=O)c1sc(NC(=O)Cn2c(-c3ccc(C(C)(C)C)cc3)nc3ccccc32)nc1C. The number of aromatic nitrogens is 3. The molecule has 1 amide bonds. The Balaban J connectivity index is 1.65. The number of hydrogen-bond acceptors (Lipinski definition) is 6. The smallest absolute Gasteiger partial charge is 0.350 e. The van der Waals surface area contributed by atoms with Crippen LogP contribution in [-0.2, 0) is 21.5 Å². The van der Waals surface area contributed by atoms with Crippen LogP contribution in [0.3, 0.4) is 0 Å². The van der Waals surface area contributed by atoms with E-state index in [0.717, 1.165) is 33.8 Å². The van der Waals surface area contributed by atoms with Crippen LogP contribution in [-0.4, -0.2) is 33.5 Å². The molecule has 8 heteroatoms. The molecule has 2 aromatic carbocycles. The van der Waals surface area contributed by atoms with Gasteiger partial charge in [0.1, 0.15) is 17.2 Å². The normalized spacial score (nSPS) is 11.5. The van der Waals surface area contributed by atoms with Gasteiger partial charge in [0, 0.05) is 5.56 Å². The maximum absolute atomic E-state index is 12.9. The highest BCUT2D eigenvalue weighted by Gasteiger charge is 2.20. The number of nitrogens with zero attached hydrogens (tertiary/aromatic N) is 3. The standard InChI is InChI=1S/C25H26N4O3S/c1-15-21(23(31)32-5)33-24(26-15)28-20(30)14-29-19-9-7-6-8-18(19)27-22(29)16-10-12-17(13-11-16)25(2,3)4/h6-13H,14H2,1-5H3,(H,26,28,30). The molecule has 2 aromatic heterocycles. The van der Waals surface area contributed by atoms with Crippen molar-refractivity contribution in [2.75, 3.05) is 12.4 Å². The number of amides is 1. The molecule has 170 valence electrons. The highest BCUT2D eigenvalue weighted by Crippen LogP contribution is 2.29. The Morgan fingerprint density at radius 1 is 1.06 bits per heavy atom. The van der Waals surface area contributed by atoms with Gasteiger partial charge in [0.2, 0.25) is 5.91 Å². The van der Waals surface area contributed by atoms with Gasteiger partial charge in [0.15, 0.2) is 5.13 Å². The van der Waals surface area contributed by atoms with E-state index in [1.165, 1.54) is 12.7 Å². The van der Waals surface area contributed by atoms with Gasteiger partial charge in [-0.1, -0.05) is 68.5 Å². The van der Waals surface area contributed by atoms with Crippen LogP contribution in [0.25, 0.3) is 22.4 Å². The number of methoxy groups -OCH3 is 1. The summed E-state index contributed by atoms with van der Waals surface area (Å²) in [7, 11) is 1.32. The van der Waals surface area contributed by atoms with Gasteiger partial charge in [-0.05, 0) is 30.0 Å². The second-order valence-corrected chi connectivity index (χ2v) is 9.81. The molecule has 1 N–H and O–H groups in total. The number of nitrogens with one attached hydrogen (secondary N) is 1. The highest BCUT2D eigenvalue weighted by molar-refractivity contribution is 7.17. The molecule has 33 heavy (non-hydrogen) atoms. The maximum atomic E-state index is 12.9. The highest BCUT2D eigenvalue weighted by atomic mass is 32.1. The predicted octanol–water partition coefficient (Wildman–Crippen LogP) is 5.19. The number of ether oxygens (including phenoxy) is 1. The quantitative estimate of drug-likeness (QED) is 0.413. The van der Waals surface area contributed by atoms with E-state index in [2.05, 4.69) is 43.2 Å². The first-order chi connectivity index (χ1) is 15.7. The summed E-state index contributed by atoms with van der Waals surface area (Å²) in [6.45, 7) is 8.29. The number of rotatable bonds is 5. The molecular weight excluding hydrogens is 436 g/mol. The van der Waals surface area contributed by atoms with Gasteiger partial charge in [-0.3, -0.25) is 4.79 Å². The second kappa shape index (κ2) is 8.78. The van der Waals surface area contributed by atoms with Crippen LogP contribution in [0, 0.1) is 6.92 Å². The van der Waals surface area contributed by atoms with Gasteiger partial charge in [-0.15, -0.1) is 0 Å². The Labute approximate surface area is 196 Å². The monoisotopic (exact) mass is 462 g/mol. The first-order valence-corrected chi connectivity index (χ1v) is 11.4. The Bertz CT molecular complexity index is 1330. The summed E-state index contributed by atoms with van der Waals surface area (Å²) >= 11 is 1.10. The third-order valence-electron chi connectivity index (χ3n) is 5.38. The van der Waals surface area contributed by atoms with Crippen LogP contribution in [0.1, 0.15) is 41.7 Å². The van der Waals surface area contributed by atoms with Crippen LogP contribution < -0.4 is 5.32 Å². The van der Waals surface area contributed by atoms with Crippen molar-refractivity contribution >= 4 is 39.4 Å². The van der Waals surface area contributed by atoms with E-state index in [4.69, 9.17) is 9.72 Å². The lowest BCUT2D eigenvalue weighted by atomic mass is 9.87. The van der Waals surface area contributed by atoms with E-state index in [1.54, 1.807) is 6.92 Å². The summed E-state index contributed by atoms with van der Waals surface area (Å²) in [5.41, 5.74) is 4.42. The first-order valence-electron chi connectivity index (χ1n) is 10.6.